The number of piperidine rings is 1. The van der Waals surface area contributed by atoms with Gasteiger partial charge < -0.3 is 30.1 Å². The maximum atomic E-state index is 13.5. The van der Waals surface area contributed by atoms with Crippen LogP contribution in [-0.4, -0.2) is 67.1 Å². The summed E-state index contributed by atoms with van der Waals surface area (Å²) in [5, 5.41) is 15.3. The van der Waals surface area contributed by atoms with Crippen LogP contribution in [0.15, 0.2) is 23.2 Å². The number of amides is 1. The molecule has 8 nitrogen and oxygen atoms in total. The fourth-order valence-electron chi connectivity index (χ4n) is 3.23. The monoisotopic (exact) mass is 438 g/mol. The van der Waals surface area contributed by atoms with Gasteiger partial charge in [0.1, 0.15) is 5.60 Å². The molecule has 1 aliphatic rings. The lowest BCUT2D eigenvalue weighted by atomic mass is 10.1. The van der Waals surface area contributed by atoms with Gasteiger partial charge in [-0.25, -0.2) is 9.18 Å². The number of phenols is 1. The molecule has 1 fully saturated rings. The molecule has 1 aromatic rings. The number of carbonyl (C=O) groups is 1. The number of alkyl carbamates (subject to hydrolysis) is 1. The van der Waals surface area contributed by atoms with Crippen molar-refractivity contribution in [3.05, 3.63) is 29.6 Å². The standard InChI is InChI=1S/C22H35FN4O4/c1-22(2,3)31-21(29)25-10-5-13-30-17-8-11-27(12-9-17)20(24-4)26-15-16-6-7-19(28)18(23)14-16/h6-7,14,17,28H,5,8-13,15H2,1-4H3,(H,24,26)(H,25,29). The van der Waals surface area contributed by atoms with Gasteiger partial charge in [-0.1, -0.05) is 6.07 Å². The molecule has 174 valence electrons. The molecule has 0 aromatic heterocycles. The van der Waals surface area contributed by atoms with E-state index in [1.807, 2.05) is 20.8 Å². The van der Waals surface area contributed by atoms with Gasteiger partial charge in [0.25, 0.3) is 0 Å². The summed E-state index contributed by atoms with van der Waals surface area (Å²) in [5.41, 5.74) is 0.235. The van der Waals surface area contributed by atoms with E-state index >= 15 is 0 Å². The predicted molar refractivity (Wildman–Crippen MR) is 118 cm³/mol. The van der Waals surface area contributed by atoms with Gasteiger partial charge >= 0.3 is 6.09 Å². The van der Waals surface area contributed by atoms with Crippen LogP contribution in [0, 0.1) is 5.82 Å². The fourth-order valence-corrected chi connectivity index (χ4v) is 3.23. The van der Waals surface area contributed by atoms with Crippen LogP contribution in [0.25, 0.3) is 0 Å². The lowest BCUT2D eigenvalue weighted by Gasteiger charge is -2.34. The van der Waals surface area contributed by atoms with E-state index in [1.54, 1.807) is 13.1 Å². The van der Waals surface area contributed by atoms with E-state index in [4.69, 9.17) is 9.47 Å². The molecule has 0 unspecified atom stereocenters. The smallest absolute Gasteiger partial charge is 0.407 e. The number of halogens is 1. The molecule has 0 spiro atoms. The third-order valence-corrected chi connectivity index (χ3v) is 4.76. The van der Waals surface area contributed by atoms with Crippen molar-refractivity contribution >= 4 is 12.1 Å². The minimum Gasteiger partial charge on any atom is -0.505 e. The van der Waals surface area contributed by atoms with E-state index in [0.717, 1.165) is 43.9 Å². The number of nitrogens with one attached hydrogen (secondary N) is 2. The minimum atomic E-state index is -0.631. The first-order valence-corrected chi connectivity index (χ1v) is 10.7. The van der Waals surface area contributed by atoms with Crippen LogP contribution in [-0.2, 0) is 16.0 Å². The second-order valence-electron chi connectivity index (χ2n) is 8.53. The van der Waals surface area contributed by atoms with Gasteiger partial charge in [0.05, 0.1) is 6.10 Å². The number of hydrogen-bond donors (Lipinski definition) is 3. The van der Waals surface area contributed by atoms with Gasteiger partial charge in [-0.15, -0.1) is 0 Å². The highest BCUT2D eigenvalue weighted by molar-refractivity contribution is 5.80. The van der Waals surface area contributed by atoms with Gasteiger partial charge in [-0.2, -0.15) is 0 Å². The number of carbonyl (C=O) groups excluding carboxylic acids is 1. The van der Waals surface area contributed by atoms with Crippen molar-refractivity contribution in [2.45, 2.75) is 58.3 Å². The van der Waals surface area contributed by atoms with Gasteiger partial charge in [0, 0.05) is 39.8 Å². The Morgan fingerprint density at radius 3 is 2.61 bits per heavy atom. The summed E-state index contributed by atoms with van der Waals surface area (Å²) in [6, 6.07) is 4.34. The Morgan fingerprint density at radius 1 is 1.29 bits per heavy atom. The third kappa shape index (κ3) is 9.00. The number of guanidine groups is 1. The molecule has 0 bridgehead atoms. The normalized spacial score (nSPS) is 15.6. The Bertz CT molecular complexity index is 744. The Labute approximate surface area is 183 Å². The van der Waals surface area contributed by atoms with E-state index < -0.39 is 17.5 Å². The number of aliphatic imine (C=N–C) groups is 1. The largest absolute Gasteiger partial charge is 0.505 e. The van der Waals surface area contributed by atoms with Crippen LogP contribution < -0.4 is 10.6 Å². The first kappa shape index (κ1) is 24.7. The number of benzene rings is 1. The number of rotatable bonds is 7. The number of ether oxygens (including phenoxy) is 2. The van der Waals surface area contributed by atoms with Crippen molar-refractivity contribution in [1.29, 1.82) is 0 Å². The van der Waals surface area contributed by atoms with Crippen molar-refractivity contribution in [1.82, 2.24) is 15.5 Å². The molecule has 3 N–H and O–H groups in total. The number of likely N-dealkylation sites (tertiary alicyclic amines) is 1. The highest BCUT2D eigenvalue weighted by Gasteiger charge is 2.22. The van der Waals surface area contributed by atoms with Crippen molar-refractivity contribution in [2.24, 2.45) is 4.99 Å². The summed E-state index contributed by atoms with van der Waals surface area (Å²) in [5.74, 6) is -0.224. The van der Waals surface area contributed by atoms with E-state index in [1.165, 1.54) is 12.1 Å². The summed E-state index contributed by atoms with van der Waals surface area (Å²) >= 11 is 0. The quantitative estimate of drug-likeness (QED) is 0.344. The number of aromatic hydroxyl groups is 1. The van der Waals surface area contributed by atoms with Crippen LogP contribution in [0.1, 0.15) is 45.6 Å². The number of phenolic OH excluding ortho intramolecular Hbond substituents is 1. The van der Waals surface area contributed by atoms with Crippen LogP contribution in [0.5, 0.6) is 5.75 Å². The molecule has 0 atom stereocenters. The molecule has 1 heterocycles. The Hall–Kier alpha value is -2.55. The summed E-state index contributed by atoms with van der Waals surface area (Å²) in [7, 11) is 1.72. The SMILES string of the molecule is CN=C(NCc1ccc(O)c(F)c1)N1CCC(OCCCNC(=O)OC(C)(C)C)CC1. The lowest BCUT2D eigenvalue weighted by molar-refractivity contribution is 0.0170. The third-order valence-electron chi connectivity index (χ3n) is 4.76. The summed E-state index contributed by atoms with van der Waals surface area (Å²) < 4.78 is 24.6. The second kappa shape index (κ2) is 11.7. The molecular formula is C22H35FN4O4. The molecule has 2 rings (SSSR count). The molecular weight excluding hydrogens is 403 g/mol. The Morgan fingerprint density at radius 2 is 2.00 bits per heavy atom. The van der Waals surface area contributed by atoms with Crippen molar-refractivity contribution in [3.8, 4) is 5.75 Å². The number of nitrogens with zero attached hydrogens (tertiary/aromatic N) is 2. The zero-order valence-electron chi connectivity index (χ0n) is 18.9. The minimum absolute atomic E-state index is 0.182. The molecule has 31 heavy (non-hydrogen) atoms. The Balaban J connectivity index is 1.63. The van der Waals surface area contributed by atoms with Crippen molar-refractivity contribution in [2.75, 3.05) is 33.3 Å². The zero-order valence-corrected chi connectivity index (χ0v) is 18.9. The van der Waals surface area contributed by atoms with Gasteiger partial charge in [0.2, 0.25) is 0 Å². The average molecular weight is 439 g/mol. The van der Waals surface area contributed by atoms with Crippen LogP contribution in [0.4, 0.5) is 9.18 Å². The predicted octanol–water partition coefficient (Wildman–Crippen LogP) is 3.00. The van der Waals surface area contributed by atoms with Gasteiger partial charge in [-0.05, 0) is 57.7 Å². The van der Waals surface area contributed by atoms with Crippen LogP contribution >= 0.6 is 0 Å². The topological polar surface area (TPSA) is 95.4 Å². The van der Waals surface area contributed by atoms with E-state index in [0.29, 0.717) is 19.7 Å². The van der Waals surface area contributed by atoms with Crippen LogP contribution in [0.3, 0.4) is 0 Å². The fraction of sp³-hybridized carbons (Fsp3) is 0.636. The van der Waals surface area contributed by atoms with E-state index in [-0.39, 0.29) is 11.9 Å². The Kier molecular flexibility index (Phi) is 9.36. The van der Waals surface area contributed by atoms with E-state index in [9.17, 15) is 14.3 Å². The summed E-state index contributed by atoms with van der Waals surface area (Å²) in [6.45, 7) is 8.64. The molecule has 9 heteroatoms. The molecule has 1 saturated heterocycles. The molecule has 1 aromatic carbocycles. The van der Waals surface area contributed by atoms with Gasteiger partial charge in [0.15, 0.2) is 17.5 Å². The molecule has 0 radical (unpaired) electrons. The first-order valence-electron chi connectivity index (χ1n) is 10.7. The average Bonchev–Trinajstić information content (AvgIpc) is 2.70. The van der Waals surface area contributed by atoms with E-state index in [2.05, 4.69) is 20.5 Å². The maximum Gasteiger partial charge on any atom is 0.407 e. The molecule has 0 aliphatic carbocycles. The molecule has 0 saturated carbocycles. The lowest BCUT2D eigenvalue weighted by Crippen LogP contribution is -2.46. The second-order valence-corrected chi connectivity index (χ2v) is 8.53. The molecule has 1 aliphatic heterocycles. The first-order chi connectivity index (χ1) is 14.7. The van der Waals surface area contributed by atoms with Crippen LogP contribution in [0.2, 0.25) is 0 Å². The number of hydrogen-bond acceptors (Lipinski definition) is 5. The van der Waals surface area contributed by atoms with Crippen molar-refractivity contribution < 1.29 is 23.8 Å². The highest BCUT2D eigenvalue weighted by Crippen LogP contribution is 2.17. The zero-order chi connectivity index (χ0) is 22.9. The van der Waals surface area contributed by atoms with Gasteiger partial charge in [-0.3, -0.25) is 4.99 Å². The summed E-state index contributed by atoms with van der Waals surface area (Å²) in [4.78, 5) is 18.1. The highest BCUT2D eigenvalue weighted by atomic mass is 19.1. The summed E-state index contributed by atoms with van der Waals surface area (Å²) in [6.07, 6.45) is 2.27. The van der Waals surface area contributed by atoms with Crippen molar-refractivity contribution in [3.63, 3.8) is 0 Å². The maximum absolute atomic E-state index is 13.5. The molecule has 1 amide bonds.